The van der Waals surface area contributed by atoms with Gasteiger partial charge in [-0.3, -0.25) is 5.01 Å². The lowest BCUT2D eigenvalue weighted by molar-refractivity contribution is 0.0711. The van der Waals surface area contributed by atoms with Gasteiger partial charge in [-0.15, -0.1) is 0 Å². The van der Waals surface area contributed by atoms with Crippen molar-refractivity contribution >= 4 is 63.3 Å². The number of hydrazine groups is 1. The molecule has 2 heterocycles. The lowest BCUT2D eigenvalue weighted by atomic mass is 9.97. The van der Waals surface area contributed by atoms with Gasteiger partial charge in [-0.05, 0) is 78.1 Å². The lowest BCUT2D eigenvalue weighted by Gasteiger charge is -2.51. The summed E-state index contributed by atoms with van der Waals surface area (Å²) < 4.78 is 18.0. The van der Waals surface area contributed by atoms with Crippen molar-refractivity contribution in [2.75, 3.05) is 18.2 Å². The second kappa shape index (κ2) is 16.6. The van der Waals surface area contributed by atoms with E-state index in [4.69, 9.17) is 53.4 Å². The van der Waals surface area contributed by atoms with Crippen molar-refractivity contribution in [1.82, 2.24) is 9.99 Å². The largest absolute Gasteiger partial charge is 0.544 e. The van der Waals surface area contributed by atoms with Gasteiger partial charge in [0.15, 0.2) is 8.32 Å². The molecule has 1 aromatic heterocycles. The molecule has 0 saturated heterocycles. The Hall–Kier alpha value is -0.976. The smallest absolute Gasteiger partial charge is 0.429 e. The van der Waals surface area contributed by atoms with Crippen molar-refractivity contribution in [3.05, 3.63) is 36.2 Å². The third-order valence-corrected chi connectivity index (χ3v) is 20.4. The zero-order valence-corrected chi connectivity index (χ0v) is 34.8. The molecular formula is C34H60Cl3N3O4Si2. The van der Waals surface area contributed by atoms with Crippen LogP contribution in [0.15, 0.2) is 36.2 Å². The van der Waals surface area contributed by atoms with Crippen molar-refractivity contribution < 1.29 is 18.4 Å². The Morgan fingerprint density at radius 3 is 2.02 bits per heavy atom. The normalized spacial score (nSPS) is 18.6. The number of pyridine rings is 1. The SMILES string of the molecule is CC(C)C[C@@H]1C=C(O[Si](C(C)C)(C(C)C)C(C)C)[C@H](CCCO[Si](C)(C)C(C)(C)C)N(c2ccccn2)N1C(=O)OCC(Cl)(Cl)Cl. The lowest BCUT2D eigenvalue weighted by Crippen LogP contribution is -2.62. The van der Waals surface area contributed by atoms with E-state index in [1.54, 1.807) is 11.2 Å². The first kappa shape index (κ1) is 41.2. The minimum Gasteiger partial charge on any atom is -0.544 e. The van der Waals surface area contributed by atoms with Crippen LogP contribution < -0.4 is 5.01 Å². The number of carbonyl (C=O) groups is 1. The summed E-state index contributed by atoms with van der Waals surface area (Å²) >= 11 is 18.1. The molecule has 0 fully saturated rings. The van der Waals surface area contributed by atoms with E-state index in [1.807, 2.05) is 23.2 Å². The number of amides is 1. The highest BCUT2D eigenvalue weighted by atomic mass is 35.6. The Morgan fingerprint density at radius 2 is 1.57 bits per heavy atom. The summed E-state index contributed by atoms with van der Waals surface area (Å²) in [4.78, 5) is 18.8. The van der Waals surface area contributed by atoms with Gasteiger partial charge < -0.3 is 13.6 Å². The highest BCUT2D eigenvalue weighted by Gasteiger charge is 2.51. The number of aromatic nitrogens is 1. The fourth-order valence-electron chi connectivity index (χ4n) is 6.39. The highest BCUT2D eigenvalue weighted by Crippen LogP contribution is 2.46. The first-order valence-electron chi connectivity index (χ1n) is 16.8. The maximum atomic E-state index is 14.0. The third-order valence-electron chi connectivity index (χ3n) is 9.56. The van der Waals surface area contributed by atoms with E-state index in [9.17, 15) is 4.79 Å². The molecule has 7 nitrogen and oxygen atoms in total. The molecule has 0 unspecified atom stereocenters. The molecule has 1 amide bonds. The zero-order chi connectivity index (χ0) is 35.3. The molecule has 0 bridgehead atoms. The molecule has 2 rings (SSSR count). The van der Waals surface area contributed by atoms with E-state index in [2.05, 4.69) is 95.3 Å². The predicted molar refractivity (Wildman–Crippen MR) is 200 cm³/mol. The fraction of sp³-hybridized carbons (Fsp3) is 0.765. The van der Waals surface area contributed by atoms with Gasteiger partial charge in [-0.25, -0.2) is 14.8 Å². The number of nitrogens with zero attached hydrogens (tertiary/aromatic N) is 3. The van der Waals surface area contributed by atoms with Gasteiger partial charge >= 0.3 is 6.09 Å². The van der Waals surface area contributed by atoms with Gasteiger partial charge in [-0.1, -0.05) is 117 Å². The molecular weight excluding hydrogens is 677 g/mol. The third kappa shape index (κ3) is 10.5. The van der Waals surface area contributed by atoms with Crippen LogP contribution in [0.25, 0.3) is 0 Å². The average Bonchev–Trinajstić information content (AvgIpc) is 2.91. The number of anilines is 1. The Balaban J connectivity index is 2.76. The molecule has 0 radical (unpaired) electrons. The molecule has 46 heavy (non-hydrogen) atoms. The molecule has 0 aliphatic carbocycles. The van der Waals surface area contributed by atoms with Gasteiger partial charge in [0.2, 0.25) is 3.79 Å². The van der Waals surface area contributed by atoms with Gasteiger partial charge in [0.05, 0.1) is 6.04 Å². The zero-order valence-electron chi connectivity index (χ0n) is 30.5. The van der Waals surface area contributed by atoms with E-state index in [-0.39, 0.29) is 29.6 Å². The number of halogens is 3. The Bertz CT molecular complexity index is 1120. The minimum atomic E-state index is -2.38. The van der Waals surface area contributed by atoms with Crippen molar-refractivity contribution in [3.8, 4) is 0 Å². The van der Waals surface area contributed by atoms with Crippen LogP contribution in [-0.2, 0) is 13.6 Å². The molecule has 1 aromatic rings. The van der Waals surface area contributed by atoms with E-state index in [0.717, 1.165) is 12.2 Å². The molecule has 0 saturated carbocycles. The first-order valence-corrected chi connectivity index (χ1v) is 23.0. The van der Waals surface area contributed by atoms with E-state index in [1.165, 1.54) is 0 Å². The standard InChI is InChI=1S/C34H60Cl3N3O4Si2/c1-24(2)21-28-22-30(44-46(25(3)4,26(5)6)27(7)8)29(17-16-20-43-45(12,13)33(9,10)11)40(31-18-14-15-19-38-31)39(28)32(41)42-23-34(35,36)37/h14-15,18-19,22,24-29H,16-17,20-21,23H2,1-13H3/t28-,29+/m1/s1. The Labute approximate surface area is 296 Å². The predicted octanol–water partition coefficient (Wildman–Crippen LogP) is 11.3. The van der Waals surface area contributed by atoms with Gasteiger partial charge in [0.1, 0.15) is 24.2 Å². The average molecular weight is 737 g/mol. The Morgan fingerprint density at radius 1 is 0.978 bits per heavy atom. The quantitative estimate of drug-likeness (QED) is 0.108. The molecule has 1 aliphatic rings. The fourth-order valence-corrected chi connectivity index (χ4v) is 13.0. The van der Waals surface area contributed by atoms with Crippen LogP contribution >= 0.6 is 34.8 Å². The minimum absolute atomic E-state index is 0.107. The van der Waals surface area contributed by atoms with Crippen molar-refractivity contribution in [2.24, 2.45) is 5.92 Å². The molecule has 0 N–H and O–H groups in total. The summed E-state index contributed by atoms with van der Waals surface area (Å²) in [5.41, 5.74) is 1.11. The maximum Gasteiger partial charge on any atom is 0.429 e. The number of rotatable bonds is 14. The molecule has 2 atom stereocenters. The van der Waals surface area contributed by atoms with Crippen LogP contribution in [0.2, 0.25) is 34.8 Å². The van der Waals surface area contributed by atoms with E-state index in [0.29, 0.717) is 41.9 Å². The van der Waals surface area contributed by atoms with Crippen molar-refractivity contribution in [3.63, 3.8) is 0 Å². The van der Waals surface area contributed by atoms with E-state index >= 15 is 0 Å². The maximum absolute atomic E-state index is 14.0. The summed E-state index contributed by atoms with van der Waals surface area (Å²) in [6.45, 7) is 29.6. The summed E-state index contributed by atoms with van der Waals surface area (Å²) in [5, 5.41) is 3.74. The van der Waals surface area contributed by atoms with Gasteiger partial charge in [0, 0.05) is 12.8 Å². The number of ether oxygens (including phenoxy) is 1. The summed E-state index contributed by atoms with van der Waals surface area (Å²) in [5.74, 6) is 1.79. The summed E-state index contributed by atoms with van der Waals surface area (Å²) in [7, 11) is -4.32. The van der Waals surface area contributed by atoms with Crippen LogP contribution in [0, 0.1) is 5.92 Å². The van der Waals surface area contributed by atoms with Crippen molar-refractivity contribution in [2.45, 2.75) is 146 Å². The second-order valence-corrected chi connectivity index (χ2v) is 28.2. The summed E-state index contributed by atoms with van der Waals surface area (Å²) in [6, 6.07) is 5.02. The van der Waals surface area contributed by atoms with Crippen LogP contribution in [0.3, 0.4) is 0 Å². The molecule has 0 aromatic carbocycles. The molecule has 12 heteroatoms. The molecule has 1 aliphatic heterocycles. The van der Waals surface area contributed by atoms with Crippen molar-refractivity contribution in [1.29, 1.82) is 0 Å². The van der Waals surface area contributed by atoms with E-state index < -0.39 is 26.5 Å². The number of carbonyl (C=O) groups excluding carboxylic acids is 1. The highest BCUT2D eigenvalue weighted by molar-refractivity contribution is 6.78. The van der Waals surface area contributed by atoms with Crippen LogP contribution in [-0.4, -0.2) is 61.8 Å². The Kier molecular flexibility index (Phi) is 14.9. The van der Waals surface area contributed by atoms with Gasteiger partial charge in [-0.2, -0.15) is 0 Å². The van der Waals surface area contributed by atoms with Crippen LogP contribution in [0.4, 0.5) is 10.6 Å². The number of alkyl halides is 3. The second-order valence-electron chi connectivity index (χ2n) is 15.5. The monoisotopic (exact) mass is 735 g/mol. The number of hydrogen-bond donors (Lipinski definition) is 0. The van der Waals surface area contributed by atoms with Crippen LogP contribution in [0.1, 0.15) is 95.4 Å². The summed E-state index contributed by atoms with van der Waals surface area (Å²) in [6.07, 6.45) is 5.43. The number of hydrogen-bond acceptors (Lipinski definition) is 6. The molecule has 0 spiro atoms. The molecule has 264 valence electrons. The topological polar surface area (TPSA) is 64.1 Å². The van der Waals surface area contributed by atoms with Gasteiger partial charge in [0.25, 0.3) is 8.32 Å². The van der Waals surface area contributed by atoms with Crippen LogP contribution in [0.5, 0.6) is 0 Å². The first-order chi connectivity index (χ1) is 21.0.